The SMILES string of the molecule is N#Cc1ccc(C(O)CNc2cc(Cl)ccc2Br)cc1. The Hall–Kier alpha value is -1.54. The molecule has 2 N–H and O–H groups in total. The third-order valence-electron chi connectivity index (χ3n) is 2.84. The first-order valence-corrected chi connectivity index (χ1v) is 7.14. The number of nitriles is 1. The van der Waals surface area contributed by atoms with Gasteiger partial charge in [-0.05, 0) is 51.8 Å². The van der Waals surface area contributed by atoms with Crippen molar-refractivity contribution < 1.29 is 5.11 Å². The maximum atomic E-state index is 10.1. The lowest BCUT2D eigenvalue weighted by atomic mass is 10.1. The van der Waals surface area contributed by atoms with Crippen molar-refractivity contribution >= 4 is 33.2 Å². The minimum absolute atomic E-state index is 0.352. The molecule has 0 aromatic heterocycles. The van der Waals surface area contributed by atoms with Crippen molar-refractivity contribution in [1.82, 2.24) is 0 Å². The smallest absolute Gasteiger partial charge is 0.0991 e. The first-order valence-electron chi connectivity index (χ1n) is 5.97. The summed E-state index contributed by atoms with van der Waals surface area (Å²) in [6.45, 7) is 0.352. The van der Waals surface area contributed by atoms with Gasteiger partial charge in [-0.2, -0.15) is 5.26 Å². The highest BCUT2D eigenvalue weighted by Gasteiger charge is 2.08. The molecule has 2 aromatic carbocycles. The number of hydrogen-bond acceptors (Lipinski definition) is 3. The van der Waals surface area contributed by atoms with E-state index in [4.69, 9.17) is 16.9 Å². The van der Waals surface area contributed by atoms with Crippen LogP contribution >= 0.6 is 27.5 Å². The zero-order valence-electron chi connectivity index (χ0n) is 10.5. The molecule has 0 aliphatic carbocycles. The summed E-state index contributed by atoms with van der Waals surface area (Å²) in [4.78, 5) is 0. The number of hydrogen-bond donors (Lipinski definition) is 2. The van der Waals surface area contributed by atoms with Gasteiger partial charge in [0, 0.05) is 16.0 Å². The van der Waals surface area contributed by atoms with Crippen LogP contribution in [0.15, 0.2) is 46.9 Å². The van der Waals surface area contributed by atoms with E-state index in [9.17, 15) is 5.11 Å². The Bertz CT molecular complexity index is 637. The Morgan fingerprint density at radius 3 is 2.60 bits per heavy atom. The highest BCUT2D eigenvalue weighted by Crippen LogP contribution is 2.26. The molecule has 0 spiro atoms. The monoisotopic (exact) mass is 350 g/mol. The Morgan fingerprint density at radius 1 is 1.25 bits per heavy atom. The van der Waals surface area contributed by atoms with E-state index in [1.807, 2.05) is 12.1 Å². The Balaban J connectivity index is 2.02. The van der Waals surface area contributed by atoms with Crippen molar-refractivity contribution in [1.29, 1.82) is 5.26 Å². The van der Waals surface area contributed by atoms with Crippen molar-refractivity contribution in [2.24, 2.45) is 0 Å². The summed E-state index contributed by atoms with van der Waals surface area (Å²) in [6.07, 6.45) is -0.659. The van der Waals surface area contributed by atoms with Gasteiger partial charge in [-0.15, -0.1) is 0 Å². The van der Waals surface area contributed by atoms with Gasteiger partial charge in [-0.1, -0.05) is 23.7 Å². The molecule has 3 nitrogen and oxygen atoms in total. The fraction of sp³-hybridized carbons (Fsp3) is 0.133. The Labute approximate surface area is 130 Å². The number of benzene rings is 2. The van der Waals surface area contributed by atoms with Crippen LogP contribution in [0.1, 0.15) is 17.2 Å². The second-order valence-corrected chi connectivity index (χ2v) is 5.55. The van der Waals surface area contributed by atoms with Crippen LogP contribution in [0.5, 0.6) is 0 Å². The molecule has 0 amide bonds. The van der Waals surface area contributed by atoms with E-state index < -0.39 is 6.10 Å². The van der Waals surface area contributed by atoms with E-state index in [0.717, 1.165) is 15.7 Å². The molecule has 20 heavy (non-hydrogen) atoms. The molecular weight excluding hydrogens is 340 g/mol. The van der Waals surface area contributed by atoms with Crippen molar-refractivity contribution in [3.63, 3.8) is 0 Å². The topological polar surface area (TPSA) is 56.0 Å². The number of nitrogens with one attached hydrogen (secondary N) is 1. The van der Waals surface area contributed by atoms with Gasteiger partial charge in [0.1, 0.15) is 0 Å². The van der Waals surface area contributed by atoms with Crippen LogP contribution in [0.25, 0.3) is 0 Å². The average molecular weight is 352 g/mol. The molecule has 1 atom stereocenters. The van der Waals surface area contributed by atoms with Gasteiger partial charge in [-0.25, -0.2) is 0 Å². The molecule has 0 aliphatic rings. The molecule has 102 valence electrons. The van der Waals surface area contributed by atoms with Gasteiger partial charge < -0.3 is 10.4 Å². The van der Waals surface area contributed by atoms with Crippen molar-refractivity contribution in [3.05, 3.63) is 63.1 Å². The van der Waals surface area contributed by atoms with E-state index in [1.165, 1.54) is 0 Å². The molecule has 0 saturated carbocycles. The number of nitrogens with zero attached hydrogens (tertiary/aromatic N) is 1. The fourth-order valence-corrected chi connectivity index (χ4v) is 2.30. The highest BCUT2D eigenvalue weighted by molar-refractivity contribution is 9.10. The summed E-state index contributed by atoms with van der Waals surface area (Å²) in [5.41, 5.74) is 2.16. The maximum absolute atomic E-state index is 10.1. The van der Waals surface area contributed by atoms with Crippen molar-refractivity contribution in [2.75, 3.05) is 11.9 Å². The van der Waals surface area contributed by atoms with Crippen LogP contribution in [0.3, 0.4) is 0 Å². The Kier molecular flexibility index (Phi) is 5.02. The molecule has 0 saturated heterocycles. The largest absolute Gasteiger partial charge is 0.387 e. The molecule has 2 rings (SSSR count). The molecule has 0 radical (unpaired) electrons. The third-order valence-corrected chi connectivity index (χ3v) is 3.77. The molecule has 0 aliphatic heterocycles. The minimum atomic E-state index is -0.659. The Morgan fingerprint density at radius 2 is 1.95 bits per heavy atom. The number of anilines is 1. The zero-order chi connectivity index (χ0) is 14.5. The van der Waals surface area contributed by atoms with Crippen LogP contribution in [-0.4, -0.2) is 11.7 Å². The number of aliphatic hydroxyl groups excluding tert-OH is 1. The second-order valence-electron chi connectivity index (χ2n) is 4.25. The fourth-order valence-electron chi connectivity index (χ4n) is 1.74. The van der Waals surface area contributed by atoms with Gasteiger partial charge in [0.15, 0.2) is 0 Å². The first-order chi connectivity index (χ1) is 9.60. The van der Waals surface area contributed by atoms with Crippen LogP contribution < -0.4 is 5.32 Å². The predicted octanol–water partition coefficient (Wildman–Crippen LogP) is 4.12. The summed E-state index contributed by atoms with van der Waals surface area (Å²) in [5.74, 6) is 0. The van der Waals surface area contributed by atoms with Gasteiger partial charge >= 0.3 is 0 Å². The summed E-state index contributed by atoms with van der Waals surface area (Å²) >= 11 is 9.35. The minimum Gasteiger partial charge on any atom is -0.387 e. The number of rotatable bonds is 4. The summed E-state index contributed by atoms with van der Waals surface area (Å²) in [6, 6.07) is 14.3. The summed E-state index contributed by atoms with van der Waals surface area (Å²) < 4.78 is 0.883. The molecule has 0 fully saturated rings. The first kappa shape index (κ1) is 14.9. The number of halogens is 2. The maximum Gasteiger partial charge on any atom is 0.0991 e. The van der Waals surface area contributed by atoms with E-state index in [1.54, 1.807) is 36.4 Å². The molecule has 1 unspecified atom stereocenters. The average Bonchev–Trinajstić information content (AvgIpc) is 2.48. The molecular formula is C15H12BrClN2O. The lowest BCUT2D eigenvalue weighted by Crippen LogP contribution is -2.12. The molecule has 0 heterocycles. The van der Waals surface area contributed by atoms with Gasteiger partial charge in [0.25, 0.3) is 0 Å². The second kappa shape index (κ2) is 6.76. The van der Waals surface area contributed by atoms with Gasteiger partial charge in [-0.3, -0.25) is 0 Å². The van der Waals surface area contributed by atoms with E-state index in [2.05, 4.69) is 21.2 Å². The third kappa shape index (κ3) is 3.73. The lowest BCUT2D eigenvalue weighted by Gasteiger charge is -2.14. The van der Waals surface area contributed by atoms with Crippen molar-refractivity contribution in [3.8, 4) is 6.07 Å². The molecule has 0 bridgehead atoms. The zero-order valence-corrected chi connectivity index (χ0v) is 12.8. The lowest BCUT2D eigenvalue weighted by molar-refractivity contribution is 0.191. The van der Waals surface area contributed by atoms with Crippen LogP contribution in [0.4, 0.5) is 5.69 Å². The van der Waals surface area contributed by atoms with E-state index in [0.29, 0.717) is 17.1 Å². The van der Waals surface area contributed by atoms with E-state index in [-0.39, 0.29) is 0 Å². The quantitative estimate of drug-likeness (QED) is 0.871. The normalized spacial score (nSPS) is 11.7. The van der Waals surface area contributed by atoms with E-state index >= 15 is 0 Å². The summed E-state index contributed by atoms with van der Waals surface area (Å²) in [5, 5.41) is 22.6. The van der Waals surface area contributed by atoms with Crippen molar-refractivity contribution in [2.45, 2.75) is 6.10 Å². The predicted molar refractivity (Wildman–Crippen MR) is 83.8 cm³/mol. The summed E-state index contributed by atoms with van der Waals surface area (Å²) in [7, 11) is 0. The molecule has 2 aromatic rings. The van der Waals surface area contributed by atoms with Crippen LogP contribution in [0, 0.1) is 11.3 Å². The van der Waals surface area contributed by atoms with Gasteiger partial charge in [0.05, 0.1) is 23.4 Å². The number of aliphatic hydroxyl groups is 1. The highest BCUT2D eigenvalue weighted by atomic mass is 79.9. The van der Waals surface area contributed by atoms with Crippen LogP contribution in [0.2, 0.25) is 5.02 Å². The van der Waals surface area contributed by atoms with Gasteiger partial charge in [0.2, 0.25) is 0 Å². The standard InChI is InChI=1S/C15H12BrClN2O/c16-13-6-5-12(17)7-14(13)19-9-15(20)11-3-1-10(8-18)2-4-11/h1-7,15,19-20H,9H2. The molecule has 5 heteroatoms. The van der Waals surface area contributed by atoms with Crippen LogP contribution in [-0.2, 0) is 0 Å².